The maximum atomic E-state index is 9.64. The van der Waals surface area contributed by atoms with Crippen LogP contribution in [0.25, 0.3) is 0 Å². The van der Waals surface area contributed by atoms with Crippen molar-refractivity contribution >= 4 is 5.88 Å². The van der Waals surface area contributed by atoms with E-state index in [1.807, 2.05) is 0 Å². The molecule has 0 aromatic carbocycles. The first-order valence-corrected chi connectivity index (χ1v) is 2.09. The van der Waals surface area contributed by atoms with Crippen LogP contribution in [0.4, 0.5) is 5.88 Å². The van der Waals surface area contributed by atoms with Gasteiger partial charge < -0.3 is 4.52 Å². The molecule has 4 nitrogen and oxygen atoms in total. The first-order chi connectivity index (χ1) is 3.83. The molecular weight excluding hydrogens is 108 g/mol. The van der Waals surface area contributed by atoms with Crippen LogP contribution in [0.5, 0.6) is 0 Å². The second-order valence-corrected chi connectivity index (χ2v) is 1.40. The molecule has 4 heteroatoms. The summed E-state index contributed by atoms with van der Waals surface area (Å²) in [6, 6.07) is 1.47. The average Bonchev–Trinajstić information content (AvgIpc) is 2.14. The maximum absolute atomic E-state index is 9.64. The highest BCUT2D eigenvalue weighted by atomic mass is 16.5. The quantitative estimate of drug-likeness (QED) is 0.515. The van der Waals surface area contributed by atoms with Crippen LogP contribution in [-0.4, -0.2) is 5.16 Å². The van der Waals surface area contributed by atoms with Gasteiger partial charge in [-0.3, -0.25) is 0 Å². The van der Waals surface area contributed by atoms with E-state index in [-0.39, 0.29) is 5.88 Å². The average molecular weight is 112 g/mol. The molecule has 0 amide bonds. The largest absolute Gasteiger partial charge is 0.333 e. The van der Waals surface area contributed by atoms with Crippen LogP contribution in [0.15, 0.2) is 15.8 Å². The van der Waals surface area contributed by atoms with Crippen LogP contribution < -0.4 is 0 Å². The van der Waals surface area contributed by atoms with Crippen LogP contribution in [0.2, 0.25) is 0 Å². The van der Waals surface area contributed by atoms with Crippen molar-refractivity contribution < 1.29 is 4.52 Å². The number of nitroso groups, excluding NO2 is 1. The summed E-state index contributed by atoms with van der Waals surface area (Å²) in [4.78, 5) is 9.64. The molecule has 0 unspecified atom stereocenters. The lowest BCUT2D eigenvalue weighted by molar-refractivity contribution is 0.424. The molecule has 0 saturated heterocycles. The predicted octanol–water partition coefficient (Wildman–Crippen LogP) is 1.38. The molecule has 0 N–H and O–H groups in total. The lowest BCUT2D eigenvalue weighted by atomic mass is 10.5. The van der Waals surface area contributed by atoms with Gasteiger partial charge in [0.05, 0.1) is 5.69 Å². The molecule has 0 radical (unpaired) electrons. The minimum Gasteiger partial charge on any atom is -0.333 e. The van der Waals surface area contributed by atoms with E-state index in [4.69, 9.17) is 0 Å². The second kappa shape index (κ2) is 1.73. The number of rotatable bonds is 1. The van der Waals surface area contributed by atoms with Crippen LogP contribution in [-0.2, 0) is 0 Å². The van der Waals surface area contributed by atoms with Crippen molar-refractivity contribution in [2.45, 2.75) is 6.92 Å². The number of aryl methyl sites for hydroxylation is 1. The molecular formula is C4H4N2O2. The fourth-order valence-electron chi connectivity index (χ4n) is 0.393. The molecule has 0 aliphatic heterocycles. The van der Waals surface area contributed by atoms with Crippen molar-refractivity contribution in [2.75, 3.05) is 0 Å². The monoisotopic (exact) mass is 112 g/mol. The van der Waals surface area contributed by atoms with Crippen molar-refractivity contribution in [3.8, 4) is 0 Å². The van der Waals surface area contributed by atoms with Crippen LogP contribution in [0.3, 0.4) is 0 Å². The zero-order valence-electron chi connectivity index (χ0n) is 4.29. The Hall–Kier alpha value is -1.19. The summed E-state index contributed by atoms with van der Waals surface area (Å²) >= 11 is 0. The molecule has 0 bridgehead atoms. The van der Waals surface area contributed by atoms with Crippen molar-refractivity contribution in [3.63, 3.8) is 0 Å². The highest BCUT2D eigenvalue weighted by molar-refractivity contribution is 5.21. The summed E-state index contributed by atoms with van der Waals surface area (Å²) in [6.07, 6.45) is 0. The minimum absolute atomic E-state index is 0.0301. The molecule has 1 heterocycles. The summed E-state index contributed by atoms with van der Waals surface area (Å²) in [6.45, 7) is 1.72. The summed E-state index contributed by atoms with van der Waals surface area (Å²) < 4.78 is 4.38. The molecule has 0 spiro atoms. The predicted molar refractivity (Wildman–Crippen MR) is 26.7 cm³/mol. The van der Waals surface area contributed by atoms with Gasteiger partial charge in [-0.15, -0.1) is 4.91 Å². The lowest BCUT2D eigenvalue weighted by Crippen LogP contribution is -1.59. The van der Waals surface area contributed by atoms with Crippen molar-refractivity contribution in [2.24, 2.45) is 5.18 Å². The van der Waals surface area contributed by atoms with E-state index in [1.54, 1.807) is 6.92 Å². The molecule has 0 saturated carbocycles. The Morgan fingerprint density at radius 3 is 2.88 bits per heavy atom. The van der Waals surface area contributed by atoms with Crippen LogP contribution in [0, 0.1) is 11.8 Å². The van der Waals surface area contributed by atoms with Gasteiger partial charge in [0.15, 0.2) is 0 Å². The van der Waals surface area contributed by atoms with Crippen molar-refractivity contribution in [1.29, 1.82) is 0 Å². The molecule has 0 atom stereocenters. The number of hydrogen-bond acceptors (Lipinski definition) is 4. The molecule has 0 aliphatic rings. The van der Waals surface area contributed by atoms with Gasteiger partial charge in [0.1, 0.15) is 0 Å². The standard InChI is InChI=1S/C4H4N2O2/c1-3-2-4(5-7)8-6-3/h2H,1H3. The highest BCUT2D eigenvalue weighted by Gasteiger charge is 1.95. The molecule has 1 aromatic heterocycles. The van der Waals surface area contributed by atoms with Gasteiger partial charge in [0, 0.05) is 11.2 Å². The molecule has 0 aliphatic carbocycles. The zero-order chi connectivity index (χ0) is 5.98. The summed E-state index contributed by atoms with van der Waals surface area (Å²) in [5, 5.41) is 5.93. The van der Waals surface area contributed by atoms with E-state index >= 15 is 0 Å². The zero-order valence-corrected chi connectivity index (χ0v) is 4.29. The fraction of sp³-hybridized carbons (Fsp3) is 0.250. The van der Waals surface area contributed by atoms with Gasteiger partial charge in [-0.1, -0.05) is 5.16 Å². The minimum atomic E-state index is 0.0301. The molecule has 1 aromatic rings. The number of hydrogen-bond donors (Lipinski definition) is 0. The van der Waals surface area contributed by atoms with Gasteiger partial charge in [-0.25, -0.2) is 0 Å². The Labute approximate surface area is 45.5 Å². The normalized spacial score (nSPS) is 9.12. The third-order valence-corrected chi connectivity index (χ3v) is 0.705. The van der Waals surface area contributed by atoms with Crippen LogP contribution in [0.1, 0.15) is 5.69 Å². The molecule has 42 valence electrons. The third-order valence-electron chi connectivity index (χ3n) is 0.705. The van der Waals surface area contributed by atoms with Gasteiger partial charge in [-0.2, -0.15) is 0 Å². The smallest absolute Gasteiger partial charge is 0.290 e. The number of nitrogens with zero attached hydrogens (tertiary/aromatic N) is 2. The Balaban J connectivity index is 3.00. The first kappa shape index (κ1) is 4.96. The molecule has 8 heavy (non-hydrogen) atoms. The maximum Gasteiger partial charge on any atom is 0.290 e. The second-order valence-electron chi connectivity index (χ2n) is 1.40. The van der Waals surface area contributed by atoms with Gasteiger partial charge in [0.2, 0.25) is 0 Å². The topological polar surface area (TPSA) is 55.5 Å². The van der Waals surface area contributed by atoms with Gasteiger partial charge in [0.25, 0.3) is 5.88 Å². The fourth-order valence-corrected chi connectivity index (χ4v) is 0.393. The Morgan fingerprint density at radius 2 is 2.62 bits per heavy atom. The van der Waals surface area contributed by atoms with E-state index in [1.165, 1.54) is 6.07 Å². The first-order valence-electron chi connectivity index (χ1n) is 2.09. The van der Waals surface area contributed by atoms with E-state index in [0.29, 0.717) is 5.69 Å². The van der Waals surface area contributed by atoms with E-state index in [0.717, 1.165) is 0 Å². The van der Waals surface area contributed by atoms with E-state index in [9.17, 15) is 4.91 Å². The van der Waals surface area contributed by atoms with Crippen molar-refractivity contribution in [1.82, 2.24) is 5.16 Å². The highest BCUT2D eigenvalue weighted by Crippen LogP contribution is 2.10. The summed E-state index contributed by atoms with van der Waals surface area (Å²) in [7, 11) is 0. The SMILES string of the molecule is Cc1cc(N=O)on1. The van der Waals surface area contributed by atoms with Gasteiger partial charge in [-0.05, 0) is 6.92 Å². The lowest BCUT2D eigenvalue weighted by Gasteiger charge is -1.63. The third kappa shape index (κ3) is 0.726. The van der Waals surface area contributed by atoms with Gasteiger partial charge >= 0.3 is 0 Å². The number of aromatic nitrogens is 1. The molecule has 0 fully saturated rings. The molecule has 1 rings (SSSR count). The Morgan fingerprint density at radius 1 is 1.88 bits per heavy atom. The van der Waals surface area contributed by atoms with Crippen LogP contribution >= 0.6 is 0 Å². The summed E-state index contributed by atoms with van der Waals surface area (Å²) in [5.74, 6) is 0.0301. The van der Waals surface area contributed by atoms with E-state index in [2.05, 4.69) is 14.9 Å². The van der Waals surface area contributed by atoms with E-state index < -0.39 is 0 Å². The Kier molecular flexibility index (Phi) is 1.07. The summed E-state index contributed by atoms with van der Waals surface area (Å²) in [5.41, 5.74) is 0.666. The van der Waals surface area contributed by atoms with Crippen molar-refractivity contribution in [3.05, 3.63) is 16.7 Å². The Bertz CT molecular complexity index is 194.